The zero-order chi connectivity index (χ0) is 5.98. The number of H-pyrrole nitrogens is 1. The molecule has 0 aliphatic heterocycles. The summed E-state index contributed by atoms with van der Waals surface area (Å²) in [5, 5.41) is 0.546. The van der Waals surface area contributed by atoms with Crippen LogP contribution < -0.4 is 4.98 Å². The third-order valence-electron chi connectivity index (χ3n) is 0.660. The van der Waals surface area contributed by atoms with Gasteiger partial charge in [0.1, 0.15) is 9.77 Å². The SMILES string of the molecule is Clc1nc[nH+]cc1I. The molecular weight excluding hydrogens is 238 g/mol. The number of rotatable bonds is 0. The van der Waals surface area contributed by atoms with Gasteiger partial charge in [0.2, 0.25) is 0 Å². The Morgan fingerprint density at radius 2 is 2.50 bits per heavy atom. The molecule has 1 N–H and O–H groups in total. The summed E-state index contributed by atoms with van der Waals surface area (Å²) < 4.78 is 0.937. The van der Waals surface area contributed by atoms with E-state index in [1.165, 1.54) is 0 Å². The summed E-state index contributed by atoms with van der Waals surface area (Å²) in [4.78, 5) is 6.58. The minimum absolute atomic E-state index is 0.546. The highest BCUT2D eigenvalue weighted by molar-refractivity contribution is 14.1. The minimum atomic E-state index is 0.546. The second kappa shape index (κ2) is 2.59. The van der Waals surface area contributed by atoms with Crippen molar-refractivity contribution >= 4 is 34.2 Å². The quantitative estimate of drug-likeness (QED) is 0.494. The average molecular weight is 241 g/mol. The first-order valence-electron chi connectivity index (χ1n) is 1.98. The van der Waals surface area contributed by atoms with Gasteiger partial charge in [-0.1, -0.05) is 0 Å². The Labute approximate surface area is 65.4 Å². The van der Waals surface area contributed by atoms with Crippen molar-refractivity contribution in [2.24, 2.45) is 0 Å². The third kappa shape index (κ3) is 1.29. The lowest BCUT2D eigenvalue weighted by Crippen LogP contribution is -2.01. The molecule has 0 fully saturated rings. The molecule has 42 valence electrons. The van der Waals surface area contributed by atoms with E-state index in [2.05, 4.69) is 32.6 Å². The molecule has 0 amide bonds. The fourth-order valence-electron chi connectivity index (χ4n) is 0.326. The topological polar surface area (TPSA) is 27.0 Å². The second-order valence-corrected chi connectivity index (χ2v) is 2.73. The predicted octanol–water partition coefficient (Wildman–Crippen LogP) is 1.15. The summed E-state index contributed by atoms with van der Waals surface area (Å²) in [5.41, 5.74) is 0. The fraction of sp³-hybridized carbons (Fsp3) is 0. The maximum Gasteiger partial charge on any atom is 0.285 e. The maximum atomic E-state index is 5.57. The van der Waals surface area contributed by atoms with E-state index in [1.54, 1.807) is 12.5 Å². The standard InChI is InChI=1S/C4H2ClIN2/c5-4-3(6)1-7-2-8-4/h1-2H/p+1. The first-order chi connectivity index (χ1) is 3.80. The summed E-state index contributed by atoms with van der Waals surface area (Å²) in [7, 11) is 0. The van der Waals surface area contributed by atoms with Gasteiger partial charge in [-0.3, -0.25) is 0 Å². The van der Waals surface area contributed by atoms with Gasteiger partial charge in [-0.05, 0) is 39.2 Å². The van der Waals surface area contributed by atoms with Gasteiger partial charge in [-0.2, -0.15) is 0 Å². The normalized spacial score (nSPS) is 9.25. The lowest BCUT2D eigenvalue weighted by atomic mass is 10.7. The number of nitrogens with zero attached hydrogens (tertiary/aromatic N) is 1. The molecule has 1 heterocycles. The van der Waals surface area contributed by atoms with E-state index >= 15 is 0 Å². The van der Waals surface area contributed by atoms with Crippen molar-refractivity contribution in [1.29, 1.82) is 0 Å². The van der Waals surface area contributed by atoms with Gasteiger partial charge in [0.25, 0.3) is 11.5 Å². The molecule has 2 nitrogen and oxygen atoms in total. The molecular formula is C4H3ClIN2+. The van der Waals surface area contributed by atoms with Gasteiger partial charge in [0.15, 0.2) is 0 Å². The van der Waals surface area contributed by atoms with Gasteiger partial charge in [0, 0.05) is 0 Å². The first kappa shape index (κ1) is 6.22. The van der Waals surface area contributed by atoms with Gasteiger partial charge in [0.05, 0.1) is 0 Å². The minimum Gasteiger partial charge on any atom is -0.249 e. The van der Waals surface area contributed by atoms with Crippen LogP contribution in [-0.2, 0) is 0 Å². The average Bonchev–Trinajstić information content (AvgIpc) is 1.77. The Morgan fingerprint density at radius 3 is 2.88 bits per heavy atom. The van der Waals surface area contributed by atoms with Crippen molar-refractivity contribution in [2.45, 2.75) is 0 Å². The third-order valence-corrected chi connectivity index (χ3v) is 2.10. The number of halogens is 2. The van der Waals surface area contributed by atoms with Crippen LogP contribution in [-0.4, -0.2) is 4.98 Å². The van der Waals surface area contributed by atoms with Crippen molar-refractivity contribution in [3.8, 4) is 0 Å². The van der Waals surface area contributed by atoms with E-state index in [4.69, 9.17) is 11.6 Å². The largest absolute Gasteiger partial charge is 0.285 e. The van der Waals surface area contributed by atoms with Crippen LogP contribution in [0.4, 0.5) is 0 Å². The van der Waals surface area contributed by atoms with Crippen LogP contribution in [0.3, 0.4) is 0 Å². The summed E-state index contributed by atoms with van der Waals surface area (Å²) in [6.45, 7) is 0. The smallest absolute Gasteiger partial charge is 0.249 e. The molecule has 0 aliphatic carbocycles. The van der Waals surface area contributed by atoms with E-state index in [1.807, 2.05) is 0 Å². The van der Waals surface area contributed by atoms with Gasteiger partial charge in [-0.15, -0.1) is 0 Å². The monoisotopic (exact) mass is 241 g/mol. The highest BCUT2D eigenvalue weighted by Crippen LogP contribution is 2.09. The molecule has 0 spiro atoms. The molecule has 0 aliphatic rings. The molecule has 0 radical (unpaired) electrons. The molecule has 0 bridgehead atoms. The molecule has 1 rings (SSSR count). The fourth-order valence-corrected chi connectivity index (χ4v) is 0.748. The van der Waals surface area contributed by atoms with E-state index in [0.717, 1.165) is 3.57 Å². The number of hydrogen-bond donors (Lipinski definition) is 0. The molecule has 8 heavy (non-hydrogen) atoms. The highest BCUT2D eigenvalue weighted by atomic mass is 127. The number of hydrogen-bond acceptors (Lipinski definition) is 1. The van der Waals surface area contributed by atoms with E-state index in [9.17, 15) is 0 Å². The summed E-state index contributed by atoms with van der Waals surface area (Å²) in [5.74, 6) is 0. The van der Waals surface area contributed by atoms with Crippen molar-refractivity contribution in [1.82, 2.24) is 4.98 Å². The Hall–Kier alpha value is 0.100. The van der Waals surface area contributed by atoms with Crippen LogP contribution in [0.1, 0.15) is 0 Å². The maximum absolute atomic E-state index is 5.57. The molecule has 0 saturated carbocycles. The Morgan fingerprint density at radius 1 is 1.75 bits per heavy atom. The number of nitrogens with one attached hydrogen (secondary N) is 1. The van der Waals surface area contributed by atoms with Crippen molar-refractivity contribution in [2.75, 3.05) is 0 Å². The van der Waals surface area contributed by atoms with Crippen LogP contribution in [0.2, 0.25) is 5.15 Å². The van der Waals surface area contributed by atoms with Crippen LogP contribution in [0.25, 0.3) is 0 Å². The van der Waals surface area contributed by atoms with Crippen molar-refractivity contribution < 1.29 is 4.98 Å². The summed E-state index contributed by atoms with van der Waals surface area (Å²) in [6, 6.07) is 0. The van der Waals surface area contributed by atoms with E-state index in [0.29, 0.717) is 5.15 Å². The Bertz CT molecular complexity index is 170. The predicted molar refractivity (Wildman–Crippen MR) is 38.5 cm³/mol. The molecule has 0 saturated heterocycles. The van der Waals surface area contributed by atoms with Crippen LogP contribution in [0.15, 0.2) is 12.5 Å². The molecule has 4 heteroatoms. The van der Waals surface area contributed by atoms with Gasteiger partial charge in [-0.25, -0.2) is 4.98 Å². The molecule has 0 aromatic carbocycles. The molecule has 1 aromatic heterocycles. The zero-order valence-corrected chi connectivity index (χ0v) is 6.77. The van der Waals surface area contributed by atoms with E-state index < -0.39 is 0 Å². The van der Waals surface area contributed by atoms with Crippen molar-refractivity contribution in [3.05, 3.63) is 21.2 Å². The molecule has 0 atom stereocenters. The first-order valence-corrected chi connectivity index (χ1v) is 3.43. The second-order valence-electron chi connectivity index (χ2n) is 1.21. The van der Waals surface area contributed by atoms with E-state index in [-0.39, 0.29) is 0 Å². The van der Waals surface area contributed by atoms with Gasteiger partial charge >= 0.3 is 0 Å². The Balaban J connectivity index is 3.13. The lowest BCUT2D eigenvalue weighted by Gasteiger charge is -1.79. The summed E-state index contributed by atoms with van der Waals surface area (Å²) >= 11 is 7.67. The van der Waals surface area contributed by atoms with Crippen LogP contribution in [0, 0.1) is 3.57 Å². The number of aromatic amines is 1. The van der Waals surface area contributed by atoms with Gasteiger partial charge < -0.3 is 0 Å². The van der Waals surface area contributed by atoms with Crippen LogP contribution in [0.5, 0.6) is 0 Å². The highest BCUT2D eigenvalue weighted by Gasteiger charge is 1.99. The lowest BCUT2D eigenvalue weighted by molar-refractivity contribution is -0.383. The summed E-state index contributed by atoms with van der Waals surface area (Å²) in [6.07, 6.45) is 3.33. The zero-order valence-electron chi connectivity index (χ0n) is 3.86. The number of aromatic nitrogens is 2. The molecule has 1 aromatic rings. The van der Waals surface area contributed by atoms with Crippen LogP contribution >= 0.6 is 34.2 Å². The Kier molecular flexibility index (Phi) is 2.01. The molecule has 0 unspecified atom stereocenters. The van der Waals surface area contributed by atoms with Crippen molar-refractivity contribution in [3.63, 3.8) is 0 Å².